The van der Waals surface area contributed by atoms with Gasteiger partial charge in [0.2, 0.25) is 0 Å². The minimum absolute atomic E-state index is 1.15. The molecule has 0 N–H and O–H groups in total. The first-order valence-electron chi connectivity index (χ1n) is 5.74. The third kappa shape index (κ3) is 1.49. The molecule has 1 nitrogen and oxygen atoms in total. The summed E-state index contributed by atoms with van der Waals surface area (Å²) in [6.07, 6.45) is 1.18. The highest BCUT2D eigenvalue weighted by Gasteiger charge is 2.15. The first kappa shape index (κ1) is 9.46. The molecule has 2 aromatic carbocycles. The number of hydrogen-bond donors (Lipinski definition) is 0. The summed E-state index contributed by atoms with van der Waals surface area (Å²) in [7, 11) is 2.17. The summed E-state index contributed by atoms with van der Waals surface area (Å²) < 4.78 is 0. The number of rotatable bonds is 1. The lowest BCUT2D eigenvalue weighted by Gasteiger charge is -2.13. The summed E-state index contributed by atoms with van der Waals surface area (Å²) in [5, 5.41) is 0. The van der Waals surface area contributed by atoms with E-state index in [4.69, 9.17) is 0 Å². The number of nitrogens with zero attached hydrogens (tertiary/aromatic N) is 1. The lowest BCUT2D eigenvalue weighted by atomic mass is 10.0. The number of benzene rings is 2. The molecule has 2 aromatic rings. The molecular formula is C15H15N. The predicted octanol–water partition coefficient (Wildman–Crippen LogP) is 3.35. The monoisotopic (exact) mass is 209 g/mol. The Morgan fingerprint density at radius 1 is 0.938 bits per heavy atom. The molecule has 3 rings (SSSR count). The highest BCUT2D eigenvalue weighted by molar-refractivity contribution is 5.71. The predicted molar refractivity (Wildman–Crippen MR) is 68.9 cm³/mol. The number of hydrogen-bond acceptors (Lipinski definition) is 1. The second-order valence-electron chi connectivity index (χ2n) is 4.38. The van der Waals surface area contributed by atoms with Gasteiger partial charge in [0.15, 0.2) is 0 Å². The standard InChI is InChI=1S/C15H15N/c1-16-10-9-13-7-8-14(11-15(13)16)12-5-3-2-4-6-12/h2-8,11H,9-10H2,1H3. The third-order valence-corrected chi connectivity index (χ3v) is 3.32. The Kier molecular flexibility index (Phi) is 2.17. The minimum Gasteiger partial charge on any atom is -0.374 e. The summed E-state index contributed by atoms with van der Waals surface area (Å²) in [6.45, 7) is 1.15. The van der Waals surface area contributed by atoms with E-state index in [9.17, 15) is 0 Å². The Labute approximate surface area is 96.3 Å². The molecule has 1 aliphatic heterocycles. The SMILES string of the molecule is CN1CCc2ccc(-c3ccccc3)cc21. The van der Waals surface area contributed by atoms with Crippen LogP contribution in [0, 0.1) is 0 Å². The quantitative estimate of drug-likeness (QED) is 0.696. The lowest BCUT2D eigenvalue weighted by molar-refractivity contribution is 0.956. The molecule has 0 fully saturated rings. The first-order chi connectivity index (χ1) is 7.84. The van der Waals surface area contributed by atoms with Gasteiger partial charge in [-0.1, -0.05) is 42.5 Å². The molecular weight excluding hydrogens is 194 g/mol. The fourth-order valence-corrected chi connectivity index (χ4v) is 2.35. The van der Waals surface area contributed by atoms with Crippen molar-refractivity contribution in [2.75, 3.05) is 18.5 Å². The van der Waals surface area contributed by atoms with Crippen LogP contribution in [0.3, 0.4) is 0 Å². The summed E-state index contributed by atoms with van der Waals surface area (Å²) in [6, 6.07) is 17.4. The van der Waals surface area contributed by atoms with Crippen LogP contribution in [-0.4, -0.2) is 13.6 Å². The van der Waals surface area contributed by atoms with Crippen molar-refractivity contribution in [2.24, 2.45) is 0 Å². The minimum atomic E-state index is 1.15. The molecule has 0 aliphatic carbocycles. The first-order valence-corrected chi connectivity index (χ1v) is 5.74. The van der Waals surface area contributed by atoms with Gasteiger partial charge in [-0.2, -0.15) is 0 Å². The van der Waals surface area contributed by atoms with Crippen LogP contribution in [-0.2, 0) is 6.42 Å². The van der Waals surface area contributed by atoms with Gasteiger partial charge in [-0.05, 0) is 29.2 Å². The van der Waals surface area contributed by atoms with Crippen molar-refractivity contribution >= 4 is 5.69 Å². The van der Waals surface area contributed by atoms with Crippen molar-refractivity contribution in [1.82, 2.24) is 0 Å². The zero-order chi connectivity index (χ0) is 11.0. The molecule has 0 spiro atoms. The van der Waals surface area contributed by atoms with Gasteiger partial charge >= 0.3 is 0 Å². The van der Waals surface area contributed by atoms with Crippen LogP contribution in [0.2, 0.25) is 0 Å². The van der Waals surface area contributed by atoms with E-state index < -0.39 is 0 Å². The molecule has 1 aliphatic rings. The summed E-state index contributed by atoms with van der Waals surface area (Å²) in [4.78, 5) is 2.34. The van der Waals surface area contributed by atoms with E-state index in [1.807, 2.05) is 0 Å². The van der Waals surface area contributed by atoms with Crippen LogP contribution in [0.25, 0.3) is 11.1 Å². The van der Waals surface area contributed by atoms with E-state index in [1.54, 1.807) is 0 Å². The Balaban J connectivity index is 2.08. The molecule has 16 heavy (non-hydrogen) atoms. The molecule has 0 atom stereocenters. The maximum Gasteiger partial charge on any atom is 0.0403 e. The Bertz CT molecular complexity index is 502. The number of fused-ring (bicyclic) bond motifs is 1. The number of anilines is 1. The molecule has 0 aromatic heterocycles. The fourth-order valence-electron chi connectivity index (χ4n) is 2.35. The highest BCUT2D eigenvalue weighted by Crippen LogP contribution is 2.31. The molecule has 1 heterocycles. The van der Waals surface area contributed by atoms with Crippen molar-refractivity contribution in [3.63, 3.8) is 0 Å². The van der Waals surface area contributed by atoms with E-state index in [0.29, 0.717) is 0 Å². The van der Waals surface area contributed by atoms with E-state index in [1.165, 1.54) is 28.8 Å². The molecule has 0 saturated heterocycles. The van der Waals surface area contributed by atoms with Crippen molar-refractivity contribution in [3.8, 4) is 11.1 Å². The van der Waals surface area contributed by atoms with Crippen molar-refractivity contribution < 1.29 is 0 Å². The maximum absolute atomic E-state index is 2.34. The van der Waals surface area contributed by atoms with Gasteiger partial charge in [-0.25, -0.2) is 0 Å². The molecule has 80 valence electrons. The van der Waals surface area contributed by atoms with Crippen LogP contribution >= 0.6 is 0 Å². The molecule has 0 unspecified atom stereocenters. The van der Waals surface area contributed by atoms with Gasteiger partial charge in [0.25, 0.3) is 0 Å². The van der Waals surface area contributed by atoms with E-state index in [0.717, 1.165) is 6.54 Å². The Hall–Kier alpha value is -1.76. The topological polar surface area (TPSA) is 3.24 Å². The van der Waals surface area contributed by atoms with Crippen molar-refractivity contribution in [1.29, 1.82) is 0 Å². The van der Waals surface area contributed by atoms with Crippen molar-refractivity contribution in [3.05, 3.63) is 54.1 Å². The van der Waals surface area contributed by atoms with Crippen LogP contribution in [0.4, 0.5) is 5.69 Å². The molecule has 0 saturated carbocycles. The summed E-state index contributed by atoms with van der Waals surface area (Å²) in [5.41, 5.74) is 5.47. The van der Waals surface area contributed by atoms with Gasteiger partial charge in [0.05, 0.1) is 0 Å². The Morgan fingerprint density at radius 2 is 1.75 bits per heavy atom. The molecule has 0 amide bonds. The second-order valence-corrected chi connectivity index (χ2v) is 4.38. The molecule has 0 radical (unpaired) electrons. The van der Waals surface area contributed by atoms with Gasteiger partial charge in [-0.3, -0.25) is 0 Å². The van der Waals surface area contributed by atoms with Crippen LogP contribution < -0.4 is 4.90 Å². The normalized spacial score (nSPS) is 13.9. The highest BCUT2D eigenvalue weighted by atomic mass is 15.1. The van der Waals surface area contributed by atoms with Gasteiger partial charge in [-0.15, -0.1) is 0 Å². The summed E-state index contributed by atoms with van der Waals surface area (Å²) in [5.74, 6) is 0. The molecule has 0 bridgehead atoms. The van der Waals surface area contributed by atoms with Gasteiger partial charge in [0.1, 0.15) is 0 Å². The summed E-state index contributed by atoms with van der Waals surface area (Å²) >= 11 is 0. The van der Waals surface area contributed by atoms with Gasteiger partial charge < -0.3 is 4.90 Å². The van der Waals surface area contributed by atoms with E-state index in [2.05, 4.69) is 60.5 Å². The second kappa shape index (κ2) is 3.67. The smallest absolute Gasteiger partial charge is 0.0403 e. The zero-order valence-electron chi connectivity index (χ0n) is 9.48. The van der Waals surface area contributed by atoms with Crippen LogP contribution in [0.15, 0.2) is 48.5 Å². The van der Waals surface area contributed by atoms with E-state index >= 15 is 0 Å². The average molecular weight is 209 g/mol. The van der Waals surface area contributed by atoms with Crippen LogP contribution in [0.5, 0.6) is 0 Å². The maximum atomic E-state index is 2.34. The Morgan fingerprint density at radius 3 is 2.56 bits per heavy atom. The lowest BCUT2D eigenvalue weighted by Crippen LogP contribution is -2.12. The zero-order valence-corrected chi connectivity index (χ0v) is 9.48. The number of likely N-dealkylation sites (N-methyl/N-ethyl adjacent to an activating group) is 1. The van der Waals surface area contributed by atoms with E-state index in [-0.39, 0.29) is 0 Å². The van der Waals surface area contributed by atoms with Crippen molar-refractivity contribution in [2.45, 2.75) is 6.42 Å². The van der Waals surface area contributed by atoms with Crippen LogP contribution in [0.1, 0.15) is 5.56 Å². The molecule has 1 heteroatoms. The fraction of sp³-hybridized carbons (Fsp3) is 0.200. The van der Waals surface area contributed by atoms with Gasteiger partial charge in [0, 0.05) is 19.3 Å². The largest absolute Gasteiger partial charge is 0.374 e. The third-order valence-electron chi connectivity index (χ3n) is 3.32. The average Bonchev–Trinajstić information content (AvgIpc) is 2.72.